The molecule has 1 aromatic carbocycles. The second kappa shape index (κ2) is 6.98. The first-order valence-electron chi connectivity index (χ1n) is 6.00. The van der Waals surface area contributed by atoms with Crippen LogP contribution in [0, 0.1) is 6.92 Å². The van der Waals surface area contributed by atoms with E-state index in [9.17, 15) is 4.79 Å². The second-order valence-corrected chi connectivity index (χ2v) is 5.93. The number of carboxylic acid groups (broad SMARTS) is 1. The number of rotatable bonds is 6. The van der Waals surface area contributed by atoms with Gasteiger partial charge < -0.3 is 15.2 Å². The fourth-order valence-electron chi connectivity index (χ4n) is 1.58. The van der Waals surface area contributed by atoms with Gasteiger partial charge in [-0.05, 0) is 19.1 Å². The predicted molar refractivity (Wildman–Crippen MR) is 84.3 cm³/mol. The van der Waals surface area contributed by atoms with E-state index in [2.05, 4.69) is 10.3 Å². The molecule has 0 bridgehead atoms. The number of thiazole rings is 1. The van der Waals surface area contributed by atoms with Crippen molar-refractivity contribution >= 4 is 45.6 Å². The van der Waals surface area contributed by atoms with Crippen molar-refractivity contribution < 1.29 is 14.6 Å². The topological polar surface area (TPSA) is 71.5 Å². The van der Waals surface area contributed by atoms with Crippen molar-refractivity contribution in [3.63, 3.8) is 0 Å². The van der Waals surface area contributed by atoms with Crippen molar-refractivity contribution in [1.29, 1.82) is 0 Å². The third kappa shape index (κ3) is 4.23. The number of benzene rings is 1. The lowest BCUT2D eigenvalue weighted by Crippen LogP contribution is -2.11. The highest BCUT2D eigenvalue weighted by Crippen LogP contribution is 2.27. The Balaban J connectivity index is 1.86. The maximum absolute atomic E-state index is 10.9. The van der Waals surface area contributed by atoms with E-state index in [0.717, 1.165) is 11.3 Å². The molecule has 0 aliphatic rings. The van der Waals surface area contributed by atoms with Crippen molar-refractivity contribution in [2.24, 2.45) is 0 Å². The predicted octanol–water partition coefficient (Wildman–Crippen LogP) is 3.95. The minimum atomic E-state index is -0.972. The Morgan fingerprint density at radius 2 is 2.24 bits per heavy atom. The Labute approximate surface area is 135 Å². The van der Waals surface area contributed by atoms with Crippen molar-refractivity contribution in [3.05, 3.63) is 38.8 Å². The number of carboxylic acids is 1. The van der Waals surface area contributed by atoms with E-state index in [0.29, 0.717) is 39.8 Å². The van der Waals surface area contributed by atoms with Crippen molar-refractivity contribution in [2.75, 3.05) is 18.5 Å². The standard InChI is InChI=1S/C13H12Cl2N2O3S/c1-7-11(12(18)19)21-13(17-7)16-4-5-20-10-6-8(14)2-3-9(10)15/h2-3,6H,4-5H2,1H3,(H,16,17)(H,18,19). The number of nitrogens with one attached hydrogen (secondary N) is 1. The fraction of sp³-hybridized carbons (Fsp3) is 0.231. The average molecular weight is 347 g/mol. The number of nitrogens with zero attached hydrogens (tertiary/aromatic N) is 1. The van der Waals surface area contributed by atoms with Crippen molar-refractivity contribution in [3.8, 4) is 5.75 Å². The average Bonchev–Trinajstić information content (AvgIpc) is 2.80. The van der Waals surface area contributed by atoms with Gasteiger partial charge in [0.05, 0.1) is 17.3 Å². The van der Waals surface area contributed by atoms with E-state index in [1.165, 1.54) is 0 Å². The molecule has 2 rings (SSSR count). The molecule has 1 aromatic heterocycles. The van der Waals surface area contributed by atoms with E-state index in [-0.39, 0.29) is 4.88 Å². The zero-order valence-electron chi connectivity index (χ0n) is 11.0. The maximum atomic E-state index is 10.9. The van der Waals surface area contributed by atoms with Crippen LogP contribution in [0.1, 0.15) is 15.4 Å². The molecule has 112 valence electrons. The van der Waals surface area contributed by atoms with Gasteiger partial charge in [-0.25, -0.2) is 9.78 Å². The molecule has 5 nitrogen and oxygen atoms in total. The molecule has 2 N–H and O–H groups in total. The molecule has 0 spiro atoms. The minimum Gasteiger partial charge on any atom is -0.490 e. The van der Waals surface area contributed by atoms with Crippen molar-refractivity contribution in [1.82, 2.24) is 4.98 Å². The lowest BCUT2D eigenvalue weighted by atomic mass is 10.3. The highest BCUT2D eigenvalue weighted by atomic mass is 35.5. The van der Waals surface area contributed by atoms with Gasteiger partial charge >= 0.3 is 5.97 Å². The van der Waals surface area contributed by atoms with Crippen LogP contribution in [-0.4, -0.2) is 29.2 Å². The molecule has 0 amide bonds. The number of ether oxygens (including phenoxy) is 1. The zero-order chi connectivity index (χ0) is 15.4. The molecule has 0 saturated heterocycles. The Morgan fingerprint density at radius 1 is 1.48 bits per heavy atom. The lowest BCUT2D eigenvalue weighted by molar-refractivity contribution is 0.0701. The molecule has 0 saturated carbocycles. The molecule has 2 aromatic rings. The molecule has 0 fully saturated rings. The zero-order valence-corrected chi connectivity index (χ0v) is 13.3. The quantitative estimate of drug-likeness (QED) is 0.775. The Bertz CT molecular complexity index is 661. The van der Waals surface area contributed by atoms with Crippen LogP contribution in [0.3, 0.4) is 0 Å². The Morgan fingerprint density at radius 3 is 2.90 bits per heavy atom. The van der Waals surface area contributed by atoms with Crippen molar-refractivity contribution in [2.45, 2.75) is 6.92 Å². The molecule has 0 radical (unpaired) electrons. The number of aryl methyl sites for hydroxylation is 1. The highest BCUT2D eigenvalue weighted by molar-refractivity contribution is 7.17. The van der Waals surface area contributed by atoms with E-state index < -0.39 is 5.97 Å². The number of anilines is 1. The van der Waals surface area contributed by atoms with Crippen LogP contribution >= 0.6 is 34.5 Å². The number of halogens is 2. The summed E-state index contributed by atoms with van der Waals surface area (Å²) in [6.07, 6.45) is 0. The molecule has 0 atom stereocenters. The number of hydrogen-bond donors (Lipinski definition) is 2. The van der Waals surface area contributed by atoms with Gasteiger partial charge in [0.15, 0.2) is 5.13 Å². The summed E-state index contributed by atoms with van der Waals surface area (Å²) in [7, 11) is 0. The van der Waals surface area contributed by atoms with Crippen LogP contribution < -0.4 is 10.1 Å². The summed E-state index contributed by atoms with van der Waals surface area (Å²) in [6, 6.07) is 4.98. The van der Waals surface area contributed by atoms with Crippen LogP contribution in [0.15, 0.2) is 18.2 Å². The third-order valence-corrected chi connectivity index (χ3v) is 4.17. The van der Waals surface area contributed by atoms with Gasteiger partial charge in [-0.3, -0.25) is 0 Å². The summed E-state index contributed by atoms with van der Waals surface area (Å²) in [5, 5.41) is 13.5. The van der Waals surface area contributed by atoms with E-state index in [1.54, 1.807) is 25.1 Å². The SMILES string of the molecule is Cc1nc(NCCOc2cc(Cl)ccc2Cl)sc1C(=O)O. The Kier molecular flexibility index (Phi) is 5.27. The largest absolute Gasteiger partial charge is 0.490 e. The molecule has 0 aliphatic carbocycles. The molecule has 8 heteroatoms. The van der Waals surface area contributed by atoms with Gasteiger partial charge in [0.2, 0.25) is 0 Å². The monoisotopic (exact) mass is 346 g/mol. The number of aromatic carboxylic acids is 1. The van der Waals surface area contributed by atoms with Crippen LogP contribution in [0.5, 0.6) is 5.75 Å². The first-order valence-corrected chi connectivity index (χ1v) is 7.57. The second-order valence-electron chi connectivity index (χ2n) is 4.09. The van der Waals surface area contributed by atoms with E-state index in [1.807, 2.05) is 0 Å². The number of carbonyl (C=O) groups is 1. The van der Waals surface area contributed by atoms with Crippen LogP contribution in [0.4, 0.5) is 5.13 Å². The molecular weight excluding hydrogens is 335 g/mol. The summed E-state index contributed by atoms with van der Waals surface area (Å²) in [5.74, 6) is -0.465. The van der Waals surface area contributed by atoms with Crippen LogP contribution in [0.25, 0.3) is 0 Å². The normalized spacial score (nSPS) is 10.4. The lowest BCUT2D eigenvalue weighted by Gasteiger charge is -2.08. The molecular formula is C13H12Cl2N2O3S. The van der Waals surface area contributed by atoms with Crippen LogP contribution in [0.2, 0.25) is 10.0 Å². The maximum Gasteiger partial charge on any atom is 0.347 e. The summed E-state index contributed by atoms with van der Waals surface area (Å²) in [6.45, 7) is 2.48. The summed E-state index contributed by atoms with van der Waals surface area (Å²) in [5.41, 5.74) is 0.494. The van der Waals surface area contributed by atoms with E-state index in [4.69, 9.17) is 33.0 Å². The van der Waals surface area contributed by atoms with Gasteiger partial charge in [-0.2, -0.15) is 0 Å². The fourth-order valence-corrected chi connectivity index (χ4v) is 2.74. The van der Waals surface area contributed by atoms with Gasteiger partial charge in [0.25, 0.3) is 0 Å². The third-order valence-electron chi connectivity index (χ3n) is 2.52. The minimum absolute atomic E-state index is 0.233. The molecule has 0 aliphatic heterocycles. The van der Waals surface area contributed by atoms with Gasteiger partial charge in [0.1, 0.15) is 17.2 Å². The first-order chi connectivity index (χ1) is 9.97. The van der Waals surface area contributed by atoms with Crippen LogP contribution in [-0.2, 0) is 0 Å². The van der Waals surface area contributed by atoms with Gasteiger partial charge in [-0.1, -0.05) is 34.5 Å². The molecule has 0 unspecified atom stereocenters. The smallest absolute Gasteiger partial charge is 0.347 e. The Hall–Kier alpha value is -1.50. The van der Waals surface area contributed by atoms with E-state index >= 15 is 0 Å². The summed E-state index contributed by atoms with van der Waals surface area (Å²) in [4.78, 5) is 15.3. The highest BCUT2D eigenvalue weighted by Gasteiger charge is 2.13. The molecule has 1 heterocycles. The number of aromatic nitrogens is 1. The summed E-state index contributed by atoms with van der Waals surface area (Å²) >= 11 is 12.9. The van der Waals surface area contributed by atoms with Gasteiger partial charge in [-0.15, -0.1) is 0 Å². The first kappa shape index (κ1) is 15.9. The van der Waals surface area contributed by atoms with Gasteiger partial charge in [0, 0.05) is 11.1 Å². The summed E-state index contributed by atoms with van der Waals surface area (Å²) < 4.78 is 5.51. The number of hydrogen-bond acceptors (Lipinski definition) is 5. The molecule has 21 heavy (non-hydrogen) atoms.